The van der Waals surface area contributed by atoms with Crippen LogP contribution < -0.4 is 14.8 Å². The van der Waals surface area contributed by atoms with Crippen molar-refractivity contribution in [2.45, 2.75) is 129 Å². The molecule has 2 aliphatic carbocycles. The number of allylic oxidation sites excluding steroid dienone is 1. The maximum absolute atomic E-state index is 14.6. The summed E-state index contributed by atoms with van der Waals surface area (Å²) in [6, 6.07) is 3.49. The smallest absolute Gasteiger partial charge is 0.410 e. The minimum Gasteiger partial charge on any atom is -0.493 e. The van der Waals surface area contributed by atoms with Crippen molar-refractivity contribution in [3.8, 4) is 5.75 Å². The second-order valence-electron chi connectivity index (χ2n) is 17.9. The van der Waals surface area contributed by atoms with Crippen molar-refractivity contribution >= 4 is 39.8 Å². The van der Waals surface area contributed by atoms with E-state index in [1.807, 2.05) is 32.0 Å². The first kappa shape index (κ1) is 40.5. The van der Waals surface area contributed by atoms with E-state index in [1.165, 1.54) is 4.90 Å². The van der Waals surface area contributed by atoms with Gasteiger partial charge < -0.3 is 24.4 Å². The summed E-state index contributed by atoms with van der Waals surface area (Å²) < 4.78 is 45.5. The van der Waals surface area contributed by atoms with Gasteiger partial charge in [-0.2, -0.15) is 0 Å². The van der Waals surface area contributed by atoms with Crippen LogP contribution in [0.3, 0.4) is 0 Å². The molecule has 0 aromatic heterocycles. The van der Waals surface area contributed by atoms with E-state index in [4.69, 9.17) is 14.2 Å². The standard InChI is InChI=1S/C40H56N4O10S/c1-7-26-19-40(26,35(47)42-55(50,51)28-14-15-28)20-31(45)30-18-27-22-44(30)34(46)33(38(2,3)4)41-36(48)53-24-39(5,6)16-9-8-10-17-52-32-13-11-12-25-21-43(23-29(25)32)37(49)54-27/h7,11-13,26-28,30,33H,1,8-10,14-24H2,2-6H3,(H,41,48)(H,42,47)/t26-,27+,30?,33+,40-/m0/s1. The van der Waals surface area contributed by atoms with Crippen LogP contribution in [0.1, 0.15) is 104 Å². The molecule has 1 unspecified atom stereocenters. The maximum Gasteiger partial charge on any atom is 0.410 e. The zero-order valence-corrected chi connectivity index (χ0v) is 33.5. The fourth-order valence-electron chi connectivity index (χ4n) is 7.98. The van der Waals surface area contributed by atoms with Crippen LogP contribution in [0.15, 0.2) is 30.9 Å². The maximum atomic E-state index is 14.6. The normalized spacial score (nSPS) is 29.1. The van der Waals surface area contributed by atoms with Crippen molar-refractivity contribution in [2.24, 2.45) is 22.2 Å². The van der Waals surface area contributed by atoms with Crippen molar-refractivity contribution in [3.63, 3.8) is 0 Å². The Kier molecular flexibility index (Phi) is 11.4. The highest BCUT2D eigenvalue weighted by Crippen LogP contribution is 2.57. The van der Waals surface area contributed by atoms with Gasteiger partial charge in [-0.25, -0.2) is 18.0 Å². The molecule has 3 fully saturated rings. The van der Waals surface area contributed by atoms with E-state index in [2.05, 4.69) is 16.6 Å². The number of ether oxygens (including phenoxy) is 3. The molecular formula is C40H56N4O10S. The Bertz CT molecular complexity index is 1820. The molecule has 1 saturated heterocycles. The average Bonchev–Trinajstić information content (AvgIpc) is 4.00. The largest absolute Gasteiger partial charge is 0.493 e. The monoisotopic (exact) mass is 784 g/mol. The number of hydrogen-bond acceptors (Lipinski definition) is 10. The number of sulfonamides is 1. The Morgan fingerprint density at radius 1 is 1.07 bits per heavy atom. The summed E-state index contributed by atoms with van der Waals surface area (Å²) in [5.74, 6) is -1.53. The van der Waals surface area contributed by atoms with Crippen LogP contribution in [0.2, 0.25) is 0 Å². The third-order valence-corrected chi connectivity index (χ3v) is 13.5. The molecule has 15 heteroatoms. The van der Waals surface area contributed by atoms with Gasteiger partial charge in [0, 0.05) is 24.9 Å². The van der Waals surface area contributed by atoms with Gasteiger partial charge in [-0.3, -0.25) is 24.0 Å². The molecule has 2 saturated carbocycles. The van der Waals surface area contributed by atoms with Crippen molar-refractivity contribution in [3.05, 3.63) is 42.0 Å². The van der Waals surface area contributed by atoms with Gasteiger partial charge in [0.25, 0.3) is 0 Å². The lowest BCUT2D eigenvalue weighted by molar-refractivity contribution is -0.142. The lowest BCUT2D eigenvalue weighted by Crippen LogP contribution is -2.57. The van der Waals surface area contributed by atoms with Crippen LogP contribution in [0.4, 0.5) is 9.59 Å². The highest BCUT2D eigenvalue weighted by Gasteiger charge is 2.61. The summed E-state index contributed by atoms with van der Waals surface area (Å²) in [4.78, 5) is 72.3. The predicted molar refractivity (Wildman–Crippen MR) is 202 cm³/mol. The lowest BCUT2D eigenvalue weighted by atomic mass is 9.85. The van der Waals surface area contributed by atoms with Gasteiger partial charge in [-0.15, -0.1) is 6.58 Å². The van der Waals surface area contributed by atoms with Crippen molar-refractivity contribution < 1.29 is 46.6 Å². The quantitative estimate of drug-likeness (QED) is 0.358. The molecule has 2 N–H and O–H groups in total. The summed E-state index contributed by atoms with van der Waals surface area (Å²) in [6.07, 6.45) is 3.49. The van der Waals surface area contributed by atoms with Gasteiger partial charge in [0.2, 0.25) is 21.8 Å². The summed E-state index contributed by atoms with van der Waals surface area (Å²) >= 11 is 0. The molecule has 4 amide bonds. The zero-order chi connectivity index (χ0) is 39.9. The Morgan fingerprint density at radius 3 is 2.49 bits per heavy atom. The Labute approximate surface area is 324 Å². The minimum absolute atomic E-state index is 0.0439. The van der Waals surface area contributed by atoms with E-state index < -0.39 is 80.0 Å². The van der Waals surface area contributed by atoms with Crippen molar-refractivity contribution in [1.29, 1.82) is 0 Å². The Morgan fingerprint density at radius 2 is 1.82 bits per heavy atom. The fraction of sp³-hybridized carbons (Fsp3) is 0.675. The van der Waals surface area contributed by atoms with Gasteiger partial charge in [0.05, 0.1) is 43.0 Å². The number of alkyl carbamates (subject to hydrolysis) is 1. The summed E-state index contributed by atoms with van der Waals surface area (Å²) in [5.41, 5.74) is -0.635. The Balaban J connectivity index is 1.27. The van der Waals surface area contributed by atoms with Crippen molar-refractivity contribution in [2.75, 3.05) is 19.8 Å². The van der Waals surface area contributed by atoms with E-state index in [9.17, 15) is 32.4 Å². The number of fused-ring (bicyclic) bond motifs is 3. The van der Waals surface area contributed by atoms with Crippen molar-refractivity contribution in [1.82, 2.24) is 19.8 Å². The second kappa shape index (κ2) is 15.4. The molecule has 55 heavy (non-hydrogen) atoms. The molecule has 1 aromatic rings. The number of carbonyl (C=O) groups excluding carboxylic acids is 5. The first-order chi connectivity index (χ1) is 25.8. The first-order valence-corrected chi connectivity index (χ1v) is 21.0. The second-order valence-corrected chi connectivity index (χ2v) is 19.8. The van der Waals surface area contributed by atoms with E-state index in [0.29, 0.717) is 31.7 Å². The lowest BCUT2D eigenvalue weighted by Gasteiger charge is -2.35. The number of rotatable bonds is 7. The zero-order valence-electron chi connectivity index (χ0n) is 32.7. The molecule has 302 valence electrons. The van der Waals surface area contributed by atoms with Gasteiger partial charge in [-0.1, -0.05) is 65.7 Å². The van der Waals surface area contributed by atoms with Gasteiger partial charge in [0.1, 0.15) is 17.9 Å². The molecule has 3 heterocycles. The predicted octanol–water partition coefficient (Wildman–Crippen LogP) is 4.99. The van der Waals surface area contributed by atoms with Crippen LogP contribution in [0, 0.1) is 22.2 Å². The number of nitrogens with zero attached hydrogens (tertiary/aromatic N) is 2. The van der Waals surface area contributed by atoms with Crippen LogP contribution in [-0.2, 0) is 47.0 Å². The number of cyclic esters (lactones) is 1. The number of carbonyl (C=O) groups is 5. The first-order valence-electron chi connectivity index (χ1n) is 19.5. The highest BCUT2D eigenvalue weighted by molar-refractivity contribution is 7.90. The molecule has 4 bridgehead atoms. The molecule has 0 radical (unpaired) electrons. The number of Topliss-reactive ketones (excluding diaryl/α,β-unsaturated/α-hetero) is 1. The van der Waals surface area contributed by atoms with Crippen LogP contribution in [-0.4, -0.2) is 91.2 Å². The average molecular weight is 785 g/mol. The van der Waals surface area contributed by atoms with Gasteiger partial charge >= 0.3 is 12.2 Å². The van der Waals surface area contributed by atoms with Crippen LogP contribution in [0.5, 0.6) is 5.75 Å². The van der Waals surface area contributed by atoms with E-state index >= 15 is 0 Å². The Hall–Kier alpha value is -4.14. The number of nitrogens with one attached hydrogen (secondary N) is 2. The number of benzene rings is 1. The van der Waals surface area contributed by atoms with Gasteiger partial charge in [-0.05, 0) is 60.5 Å². The molecule has 0 spiro atoms. The fourth-order valence-corrected chi connectivity index (χ4v) is 9.37. The SMILES string of the molecule is C=C[C@H]1C[C@@]1(CC(=O)C1C[C@@H]2CN1C(=O)[C@H](C(C)(C)C)NC(=O)OCC(C)(C)CCCCCOc1cccc3c1CN(C3)C(=O)O2)C(=O)NS(=O)(=O)C1CC1. The molecular weight excluding hydrogens is 729 g/mol. The molecule has 6 rings (SSSR count). The van der Waals surface area contributed by atoms with E-state index in [1.54, 1.807) is 31.7 Å². The summed E-state index contributed by atoms with van der Waals surface area (Å²) in [5, 5.41) is 2.12. The molecule has 1 aromatic carbocycles. The minimum atomic E-state index is -3.88. The third kappa shape index (κ3) is 9.13. The number of hydrogen-bond donors (Lipinski definition) is 2. The topological polar surface area (TPSA) is 178 Å². The summed E-state index contributed by atoms with van der Waals surface area (Å²) in [6.45, 7) is 14.3. The molecule has 5 aliphatic rings. The molecule has 3 aliphatic heterocycles. The third-order valence-electron chi connectivity index (χ3n) is 11.7. The highest BCUT2D eigenvalue weighted by atomic mass is 32.2. The van der Waals surface area contributed by atoms with Gasteiger partial charge in [0.15, 0.2) is 5.78 Å². The van der Waals surface area contributed by atoms with Crippen LogP contribution >= 0.6 is 0 Å². The number of amides is 4. The summed E-state index contributed by atoms with van der Waals surface area (Å²) in [7, 11) is -3.88. The number of ketones is 1. The van der Waals surface area contributed by atoms with E-state index in [-0.39, 0.29) is 44.4 Å². The molecule has 5 atom stereocenters. The van der Waals surface area contributed by atoms with E-state index in [0.717, 1.165) is 36.8 Å². The van der Waals surface area contributed by atoms with Crippen LogP contribution in [0.25, 0.3) is 0 Å². The molecule has 14 nitrogen and oxygen atoms in total.